The van der Waals surface area contributed by atoms with Crippen LogP contribution in [0.5, 0.6) is 0 Å². The van der Waals surface area contributed by atoms with E-state index in [0.717, 1.165) is 70.9 Å². The lowest BCUT2D eigenvalue weighted by Gasteiger charge is -2.26. The summed E-state index contributed by atoms with van der Waals surface area (Å²) in [6.07, 6.45) is -0.906. The van der Waals surface area contributed by atoms with Crippen LogP contribution < -0.4 is 0 Å². The second-order valence-corrected chi connectivity index (χ2v) is 14.0. The fourth-order valence-electron chi connectivity index (χ4n) is 8.95. The molecule has 0 bridgehead atoms. The number of fused-ring (bicyclic) bond motifs is 3. The van der Waals surface area contributed by atoms with Crippen molar-refractivity contribution < 1.29 is 8.53 Å². The maximum Gasteiger partial charge on any atom is 0.135 e. The number of benzene rings is 10. The van der Waals surface area contributed by atoms with Gasteiger partial charge in [0.1, 0.15) is 11.2 Å². The molecule has 1 aromatic heterocycles. The van der Waals surface area contributed by atoms with Gasteiger partial charge in [0, 0.05) is 18.1 Å². The fourth-order valence-corrected chi connectivity index (χ4v) is 8.95. The average Bonchev–Trinajstić information content (AvgIpc) is 3.58. The summed E-state index contributed by atoms with van der Waals surface area (Å²) in [5.74, 6) is -0.626. The van der Waals surface area contributed by atoms with E-state index in [9.17, 15) is 4.11 Å². The molecule has 0 amide bonds. The summed E-state index contributed by atoms with van der Waals surface area (Å²) in [4.78, 5) is 0. The first-order valence-electron chi connectivity index (χ1n) is 19.2. The largest absolute Gasteiger partial charge is 0.456 e. The van der Waals surface area contributed by atoms with Crippen molar-refractivity contribution in [2.45, 2.75) is 12.3 Å². The van der Waals surface area contributed by atoms with E-state index >= 15 is 0 Å². The Labute approximate surface area is 298 Å². The predicted molar refractivity (Wildman–Crippen MR) is 217 cm³/mol. The van der Waals surface area contributed by atoms with Crippen LogP contribution in [0.4, 0.5) is 0 Å². The van der Waals surface area contributed by atoms with Gasteiger partial charge in [-0.1, -0.05) is 139 Å². The normalized spacial score (nSPS) is 18.1. The van der Waals surface area contributed by atoms with Crippen molar-refractivity contribution in [1.29, 1.82) is 0 Å². The topological polar surface area (TPSA) is 13.1 Å². The number of allylic oxidation sites excluding steroid dienone is 4. The van der Waals surface area contributed by atoms with Crippen LogP contribution in [0, 0.1) is 0 Å². The first-order chi connectivity index (χ1) is 26.5. The number of para-hydroxylation sites is 1. The third kappa shape index (κ3) is 3.86. The number of hydrogen-bond donors (Lipinski definition) is 0. The quantitative estimate of drug-likeness (QED) is 0.174. The minimum absolute atomic E-state index is 0.232. The molecule has 1 heteroatoms. The summed E-state index contributed by atoms with van der Waals surface area (Å²) in [5.41, 5.74) is 5.40. The molecule has 1 aliphatic rings. The van der Waals surface area contributed by atoms with Crippen LogP contribution in [-0.2, 0) is 0 Å². The zero-order valence-electron chi connectivity index (χ0n) is 30.5. The summed E-state index contributed by atoms with van der Waals surface area (Å²) in [5, 5.41) is 15.7. The average molecular weight is 650 g/mol. The highest BCUT2D eigenvalue weighted by Gasteiger charge is 2.25. The van der Waals surface area contributed by atoms with Crippen molar-refractivity contribution >= 4 is 97.7 Å². The van der Waals surface area contributed by atoms with Crippen LogP contribution >= 0.6 is 0 Å². The number of furan rings is 1. The second kappa shape index (κ2) is 10.1. The molecule has 1 nitrogen and oxygen atoms in total. The van der Waals surface area contributed by atoms with Crippen molar-refractivity contribution in [1.82, 2.24) is 0 Å². The van der Waals surface area contributed by atoms with E-state index in [-0.39, 0.29) is 6.05 Å². The van der Waals surface area contributed by atoms with E-state index in [0.29, 0.717) is 17.2 Å². The summed E-state index contributed by atoms with van der Waals surface area (Å²) in [6, 6.07) is 53.3. The van der Waals surface area contributed by atoms with Crippen molar-refractivity contribution in [3.63, 3.8) is 0 Å². The third-order valence-corrected chi connectivity index (χ3v) is 11.3. The van der Waals surface area contributed by atoms with Gasteiger partial charge in [-0.05, 0) is 123 Å². The maximum atomic E-state index is 10.3. The molecular formula is C50H30O. The van der Waals surface area contributed by atoms with Gasteiger partial charge >= 0.3 is 0 Å². The lowest BCUT2D eigenvalue weighted by Crippen LogP contribution is -2.05. The maximum absolute atomic E-state index is 10.3. The summed E-state index contributed by atoms with van der Waals surface area (Å²) in [6.45, 7) is 0. The Morgan fingerprint density at radius 2 is 1.10 bits per heavy atom. The molecule has 12 rings (SSSR count). The molecule has 0 radical (unpaired) electrons. The highest BCUT2D eigenvalue weighted by atomic mass is 16.3. The van der Waals surface area contributed by atoms with Gasteiger partial charge < -0.3 is 4.42 Å². The van der Waals surface area contributed by atoms with E-state index in [1.54, 1.807) is 0 Å². The summed E-state index contributed by atoms with van der Waals surface area (Å²) >= 11 is 0. The Bertz CT molecular complexity index is 3420. The third-order valence-electron chi connectivity index (χ3n) is 11.3. The molecule has 0 fully saturated rings. The molecule has 0 spiro atoms. The summed E-state index contributed by atoms with van der Waals surface area (Å²) in [7, 11) is 0. The fraction of sp³-hybridized carbons (Fsp3) is 0.0400. The van der Waals surface area contributed by atoms with E-state index < -0.39 is 12.3 Å². The second-order valence-electron chi connectivity index (χ2n) is 14.0. The van der Waals surface area contributed by atoms with E-state index in [2.05, 4.69) is 121 Å². The molecule has 2 atom stereocenters. The van der Waals surface area contributed by atoms with Gasteiger partial charge in [0.05, 0.1) is 2.74 Å². The highest BCUT2D eigenvalue weighted by Crippen LogP contribution is 2.47. The number of hydrogen-bond acceptors (Lipinski definition) is 1. The predicted octanol–water partition coefficient (Wildman–Crippen LogP) is 14.0. The SMILES string of the molecule is [2H]C1=C(c2cc3cccc4ccc5cccc2c5c43)C([2H])C(c2ccc3ccc4cccc5ccc2c3c45)C([2H])=C1c1ccc2oc3ccccc3c2c1. The molecule has 236 valence electrons. The van der Waals surface area contributed by atoms with Crippen molar-refractivity contribution in [2.24, 2.45) is 0 Å². The molecular weight excluding hydrogens is 617 g/mol. The van der Waals surface area contributed by atoms with Crippen LogP contribution in [0.3, 0.4) is 0 Å². The van der Waals surface area contributed by atoms with Crippen molar-refractivity contribution in [3.05, 3.63) is 180 Å². The van der Waals surface area contributed by atoms with Gasteiger partial charge in [0.15, 0.2) is 0 Å². The minimum Gasteiger partial charge on any atom is -0.456 e. The van der Waals surface area contributed by atoms with Crippen LogP contribution in [0.25, 0.3) is 97.7 Å². The van der Waals surface area contributed by atoms with Crippen molar-refractivity contribution in [2.75, 3.05) is 0 Å². The molecule has 0 aliphatic heterocycles. The molecule has 0 N–H and O–H groups in total. The molecule has 0 saturated heterocycles. The lowest BCUT2D eigenvalue weighted by atomic mass is 9.77. The first kappa shape index (κ1) is 24.7. The van der Waals surface area contributed by atoms with Crippen LogP contribution in [-0.4, -0.2) is 0 Å². The standard InChI is InChI=1S/C50H30O/c1-2-13-45-40(11-1)44-27-34(20-23-46(44)51-45)36-24-37(39-21-18-33-17-15-29-6-3-7-31-19-22-42(39)50(33)47(29)31)26-38(25-36)43-28-35-10-4-8-30-14-16-32-9-5-12-41(43)49(32)48(30)35/h1-25,27-28,37H,26H2/i24D,25D,26D. The monoisotopic (exact) mass is 649 g/mol. The zero-order valence-corrected chi connectivity index (χ0v) is 27.5. The Hall–Kier alpha value is -6.44. The molecule has 11 aromatic rings. The van der Waals surface area contributed by atoms with E-state index in [1.165, 1.54) is 32.3 Å². The van der Waals surface area contributed by atoms with Crippen LogP contribution in [0.2, 0.25) is 0 Å². The molecule has 1 aliphatic carbocycles. The van der Waals surface area contributed by atoms with Gasteiger partial charge in [-0.2, -0.15) is 0 Å². The molecule has 51 heavy (non-hydrogen) atoms. The van der Waals surface area contributed by atoms with Crippen LogP contribution in [0.1, 0.15) is 33.1 Å². The van der Waals surface area contributed by atoms with Gasteiger partial charge in [-0.3, -0.25) is 0 Å². The zero-order chi connectivity index (χ0) is 35.8. The summed E-state index contributed by atoms with van der Waals surface area (Å²) < 4.78 is 36.6. The lowest BCUT2D eigenvalue weighted by molar-refractivity contribution is 0.669. The Morgan fingerprint density at radius 3 is 1.92 bits per heavy atom. The molecule has 1 heterocycles. The van der Waals surface area contributed by atoms with Crippen molar-refractivity contribution in [3.8, 4) is 0 Å². The van der Waals surface area contributed by atoms with E-state index in [1.807, 2.05) is 30.3 Å². The van der Waals surface area contributed by atoms with Gasteiger partial charge in [-0.15, -0.1) is 0 Å². The Balaban J connectivity index is 1.19. The Morgan fingerprint density at radius 1 is 0.490 bits per heavy atom. The highest BCUT2D eigenvalue weighted by molar-refractivity contribution is 6.26. The van der Waals surface area contributed by atoms with Gasteiger partial charge in [0.25, 0.3) is 0 Å². The molecule has 0 saturated carbocycles. The first-order valence-corrected chi connectivity index (χ1v) is 17.6. The van der Waals surface area contributed by atoms with Gasteiger partial charge in [0.2, 0.25) is 0 Å². The van der Waals surface area contributed by atoms with Crippen LogP contribution in [0.15, 0.2) is 168 Å². The number of rotatable bonds is 3. The van der Waals surface area contributed by atoms with Gasteiger partial charge in [-0.25, -0.2) is 0 Å². The Kier molecular flexibility index (Phi) is 4.86. The minimum atomic E-state index is -0.906. The smallest absolute Gasteiger partial charge is 0.135 e. The molecule has 10 aromatic carbocycles. The molecule has 2 unspecified atom stereocenters. The van der Waals surface area contributed by atoms with E-state index in [4.69, 9.17) is 4.42 Å².